The number of rotatable bonds is 72. The van der Waals surface area contributed by atoms with E-state index < -0.39 is 12.1 Å². The summed E-state index contributed by atoms with van der Waals surface area (Å²) in [5.74, 6) is -0.0208. The van der Waals surface area contributed by atoms with Crippen LogP contribution < -0.4 is 5.32 Å². The number of hydrogen-bond acceptors (Lipinski definition) is 3. The second-order valence-electron chi connectivity index (χ2n) is 26.4. The van der Waals surface area contributed by atoms with E-state index in [9.17, 15) is 15.0 Å². The summed E-state index contributed by atoms with van der Waals surface area (Å²) < 4.78 is 0. The minimum atomic E-state index is -0.659. The molecule has 0 heterocycles. The largest absolute Gasteiger partial charge is 0.394 e. The molecule has 0 aromatic carbocycles. The molecule has 0 rings (SSSR count). The van der Waals surface area contributed by atoms with Crippen LogP contribution in [0.1, 0.15) is 438 Å². The van der Waals surface area contributed by atoms with Gasteiger partial charge in [-0.05, 0) is 51.4 Å². The Balaban J connectivity index is 3.36. The van der Waals surface area contributed by atoms with Gasteiger partial charge in [0, 0.05) is 6.42 Å². The maximum Gasteiger partial charge on any atom is 0.220 e. The Kier molecular flexibility index (Phi) is 72.6. The van der Waals surface area contributed by atoms with Crippen LogP contribution in [-0.4, -0.2) is 34.9 Å². The Morgan fingerprint density at radius 2 is 0.500 bits per heavy atom. The number of carbonyl (C=O) groups is 1. The summed E-state index contributed by atoms with van der Waals surface area (Å²) in [7, 11) is 0. The molecule has 4 nitrogen and oxygen atoms in total. The third kappa shape index (κ3) is 69.4. The SMILES string of the molecule is CCCCCCC/C=C\C/C=C\C/C=C\CCCCCCCCCCCCCCCCCCCCCCCCCCCCC(=O)NC(CO)C(O)CCCCCCCCCCCCCCCCCCCCCCCCCCCCCCC. The summed E-state index contributed by atoms with van der Waals surface area (Å²) in [6.07, 6.45) is 102. The minimum Gasteiger partial charge on any atom is -0.394 e. The van der Waals surface area contributed by atoms with Crippen LogP contribution in [0.15, 0.2) is 36.5 Å². The van der Waals surface area contributed by atoms with Crippen molar-refractivity contribution in [2.75, 3.05) is 6.61 Å². The zero-order chi connectivity index (χ0) is 59.1. The lowest BCUT2D eigenvalue weighted by Crippen LogP contribution is -2.45. The van der Waals surface area contributed by atoms with E-state index in [1.165, 1.54) is 372 Å². The van der Waals surface area contributed by atoms with Crippen LogP contribution >= 0.6 is 0 Å². The molecule has 2 unspecified atom stereocenters. The quantitative estimate of drug-likeness (QED) is 0.0420. The van der Waals surface area contributed by atoms with Crippen LogP contribution in [0.4, 0.5) is 0 Å². The van der Waals surface area contributed by atoms with Gasteiger partial charge in [0.25, 0.3) is 0 Å². The summed E-state index contributed by atoms with van der Waals surface area (Å²) in [5.41, 5.74) is 0. The van der Waals surface area contributed by atoms with Crippen LogP contribution in [0.5, 0.6) is 0 Å². The van der Waals surface area contributed by atoms with Gasteiger partial charge in [0.15, 0.2) is 0 Å². The molecule has 0 aromatic heterocycles. The molecule has 82 heavy (non-hydrogen) atoms. The predicted octanol–water partition coefficient (Wildman–Crippen LogP) is 26.3. The van der Waals surface area contributed by atoms with Gasteiger partial charge < -0.3 is 15.5 Å². The lowest BCUT2D eigenvalue weighted by molar-refractivity contribution is -0.123. The predicted molar refractivity (Wildman–Crippen MR) is 369 cm³/mol. The van der Waals surface area contributed by atoms with Gasteiger partial charge >= 0.3 is 0 Å². The van der Waals surface area contributed by atoms with Crippen molar-refractivity contribution in [1.82, 2.24) is 5.32 Å². The number of carbonyl (C=O) groups excluding carboxylic acids is 1. The molecule has 3 N–H and O–H groups in total. The number of amides is 1. The molecule has 486 valence electrons. The highest BCUT2D eigenvalue weighted by molar-refractivity contribution is 5.76. The van der Waals surface area contributed by atoms with Crippen LogP contribution in [0.2, 0.25) is 0 Å². The smallest absolute Gasteiger partial charge is 0.220 e. The molecular weight excluding hydrogens is 999 g/mol. The third-order valence-corrected chi connectivity index (χ3v) is 18.2. The van der Waals surface area contributed by atoms with Crippen LogP contribution in [0, 0.1) is 0 Å². The average Bonchev–Trinajstić information content (AvgIpc) is 3.50. The molecule has 0 saturated heterocycles. The number of allylic oxidation sites excluding steroid dienone is 6. The molecule has 0 aliphatic rings. The van der Waals surface area contributed by atoms with E-state index in [1.54, 1.807) is 0 Å². The van der Waals surface area contributed by atoms with E-state index in [2.05, 4.69) is 55.6 Å². The molecular formula is C78H151NO3. The number of hydrogen-bond donors (Lipinski definition) is 3. The lowest BCUT2D eigenvalue weighted by atomic mass is 10.0. The first-order chi connectivity index (χ1) is 40.7. The highest BCUT2D eigenvalue weighted by Gasteiger charge is 2.20. The van der Waals surface area contributed by atoms with Crippen molar-refractivity contribution in [2.24, 2.45) is 0 Å². The first kappa shape index (κ1) is 80.6. The zero-order valence-corrected chi connectivity index (χ0v) is 56.3. The lowest BCUT2D eigenvalue weighted by Gasteiger charge is -2.22. The normalized spacial score (nSPS) is 12.8. The summed E-state index contributed by atoms with van der Waals surface area (Å²) in [5, 5.41) is 23.5. The van der Waals surface area contributed by atoms with Crippen LogP contribution in [0.3, 0.4) is 0 Å². The summed E-state index contributed by atoms with van der Waals surface area (Å²) >= 11 is 0. The van der Waals surface area contributed by atoms with Gasteiger partial charge in [0.1, 0.15) is 0 Å². The molecule has 0 fully saturated rings. The maximum atomic E-state index is 12.6. The molecule has 4 heteroatoms. The van der Waals surface area contributed by atoms with Gasteiger partial charge in [-0.2, -0.15) is 0 Å². The average molecular weight is 1150 g/mol. The van der Waals surface area contributed by atoms with Gasteiger partial charge in [0.05, 0.1) is 18.8 Å². The molecule has 0 aromatic rings. The van der Waals surface area contributed by atoms with Crippen LogP contribution in [0.25, 0.3) is 0 Å². The van der Waals surface area contributed by atoms with Gasteiger partial charge in [-0.15, -0.1) is 0 Å². The maximum absolute atomic E-state index is 12.6. The van der Waals surface area contributed by atoms with E-state index in [4.69, 9.17) is 0 Å². The number of aliphatic hydroxyl groups excluding tert-OH is 2. The van der Waals surface area contributed by atoms with Crippen molar-refractivity contribution >= 4 is 5.91 Å². The van der Waals surface area contributed by atoms with Crippen molar-refractivity contribution < 1.29 is 15.0 Å². The molecule has 0 radical (unpaired) electrons. The summed E-state index contributed by atoms with van der Waals surface area (Å²) in [4.78, 5) is 12.6. The molecule has 2 atom stereocenters. The Morgan fingerprint density at radius 1 is 0.293 bits per heavy atom. The molecule has 0 bridgehead atoms. The molecule has 0 saturated carbocycles. The van der Waals surface area contributed by atoms with Crippen LogP contribution in [-0.2, 0) is 4.79 Å². The van der Waals surface area contributed by atoms with E-state index >= 15 is 0 Å². The molecule has 0 spiro atoms. The van der Waals surface area contributed by atoms with E-state index in [0.29, 0.717) is 12.8 Å². The Morgan fingerprint density at radius 3 is 0.744 bits per heavy atom. The first-order valence-corrected chi connectivity index (χ1v) is 38.2. The first-order valence-electron chi connectivity index (χ1n) is 38.2. The zero-order valence-electron chi connectivity index (χ0n) is 56.3. The van der Waals surface area contributed by atoms with Gasteiger partial charge in [-0.1, -0.05) is 416 Å². The third-order valence-electron chi connectivity index (χ3n) is 18.2. The fourth-order valence-electron chi connectivity index (χ4n) is 12.4. The van der Waals surface area contributed by atoms with Gasteiger partial charge in [0.2, 0.25) is 5.91 Å². The van der Waals surface area contributed by atoms with Crippen molar-refractivity contribution in [3.63, 3.8) is 0 Å². The fraction of sp³-hybridized carbons (Fsp3) is 0.910. The summed E-state index contributed by atoms with van der Waals surface area (Å²) in [6.45, 7) is 4.40. The highest BCUT2D eigenvalue weighted by atomic mass is 16.3. The standard InChI is InChI=1S/C78H151NO3/c1-3-5-7-9-11-13-15-17-19-21-23-25-27-29-31-33-34-35-36-37-38-39-40-41-42-43-44-46-48-50-52-54-56-58-60-62-64-66-68-70-72-74-78(82)79-76(75-80)77(81)73-71-69-67-65-63-61-59-57-55-53-51-49-47-45-32-30-28-26-24-22-20-18-16-14-12-10-8-6-4-2/h15,17,21,23,27,29,76-77,80-81H,3-14,16,18-20,22,24-26,28,30-75H2,1-2H3,(H,79,82)/b17-15-,23-21-,29-27-. The van der Waals surface area contributed by atoms with Gasteiger partial charge in [-0.25, -0.2) is 0 Å². The highest BCUT2D eigenvalue weighted by Crippen LogP contribution is 2.20. The molecule has 1 amide bonds. The van der Waals surface area contributed by atoms with Crippen molar-refractivity contribution in [2.45, 2.75) is 450 Å². The number of aliphatic hydroxyl groups is 2. The topological polar surface area (TPSA) is 69.6 Å². The summed E-state index contributed by atoms with van der Waals surface area (Å²) in [6, 6.07) is -0.536. The molecule has 0 aliphatic heterocycles. The number of nitrogens with one attached hydrogen (secondary N) is 1. The van der Waals surface area contributed by atoms with E-state index in [1.807, 2.05) is 0 Å². The van der Waals surface area contributed by atoms with Crippen molar-refractivity contribution in [1.29, 1.82) is 0 Å². The second kappa shape index (κ2) is 73.9. The number of unbranched alkanes of at least 4 members (excludes halogenated alkanes) is 59. The van der Waals surface area contributed by atoms with Crippen molar-refractivity contribution in [3.05, 3.63) is 36.5 Å². The Bertz CT molecular complexity index is 1260. The van der Waals surface area contributed by atoms with E-state index in [0.717, 1.165) is 38.5 Å². The van der Waals surface area contributed by atoms with Crippen molar-refractivity contribution in [3.8, 4) is 0 Å². The Hall–Kier alpha value is -1.39. The second-order valence-corrected chi connectivity index (χ2v) is 26.4. The molecule has 0 aliphatic carbocycles. The Labute approximate surface area is 516 Å². The fourth-order valence-corrected chi connectivity index (χ4v) is 12.4. The minimum absolute atomic E-state index is 0.0208. The van der Waals surface area contributed by atoms with E-state index in [-0.39, 0.29) is 12.5 Å². The monoisotopic (exact) mass is 1150 g/mol. The van der Waals surface area contributed by atoms with Gasteiger partial charge in [-0.3, -0.25) is 4.79 Å².